The standard InChI is InChI=1S/C13H24N2O2/c1-2-15(11-6-9-17-10-7-11)13(16)12-5-3-4-8-14-12/h11-12,14H,2-10H2,1H3/t12-/m0/s1. The highest BCUT2D eigenvalue weighted by molar-refractivity contribution is 5.82. The monoisotopic (exact) mass is 240 g/mol. The minimum Gasteiger partial charge on any atom is -0.381 e. The first-order valence-electron chi connectivity index (χ1n) is 6.94. The van der Waals surface area contributed by atoms with Crippen molar-refractivity contribution in [2.45, 2.75) is 51.1 Å². The third kappa shape index (κ3) is 3.19. The van der Waals surface area contributed by atoms with E-state index in [-0.39, 0.29) is 6.04 Å². The topological polar surface area (TPSA) is 41.6 Å². The second kappa shape index (κ2) is 6.36. The number of rotatable bonds is 3. The maximum absolute atomic E-state index is 12.5. The molecule has 2 rings (SSSR count). The van der Waals surface area contributed by atoms with Gasteiger partial charge in [0.2, 0.25) is 5.91 Å². The lowest BCUT2D eigenvalue weighted by Crippen LogP contribution is -2.52. The molecule has 4 nitrogen and oxygen atoms in total. The number of ether oxygens (including phenoxy) is 1. The van der Waals surface area contributed by atoms with E-state index in [1.54, 1.807) is 0 Å². The van der Waals surface area contributed by atoms with Gasteiger partial charge in [0.05, 0.1) is 6.04 Å². The molecule has 0 unspecified atom stereocenters. The Morgan fingerprint density at radius 1 is 1.29 bits per heavy atom. The molecule has 0 aromatic heterocycles. The quantitative estimate of drug-likeness (QED) is 0.805. The summed E-state index contributed by atoms with van der Waals surface area (Å²) in [7, 11) is 0. The van der Waals surface area contributed by atoms with Gasteiger partial charge in [-0.1, -0.05) is 6.42 Å². The van der Waals surface area contributed by atoms with E-state index in [2.05, 4.69) is 17.1 Å². The van der Waals surface area contributed by atoms with E-state index in [1.165, 1.54) is 12.8 Å². The summed E-state index contributed by atoms with van der Waals surface area (Å²) in [4.78, 5) is 14.5. The van der Waals surface area contributed by atoms with Crippen molar-refractivity contribution in [3.05, 3.63) is 0 Å². The first-order valence-corrected chi connectivity index (χ1v) is 6.94. The molecule has 1 atom stereocenters. The Hall–Kier alpha value is -0.610. The molecular formula is C13H24N2O2. The van der Waals surface area contributed by atoms with E-state index >= 15 is 0 Å². The fraction of sp³-hybridized carbons (Fsp3) is 0.923. The number of amides is 1. The first-order chi connectivity index (χ1) is 8.33. The largest absolute Gasteiger partial charge is 0.381 e. The summed E-state index contributed by atoms with van der Waals surface area (Å²) in [6, 6.07) is 0.455. The normalized spacial score (nSPS) is 26.8. The Labute approximate surface area is 104 Å². The number of hydrogen-bond acceptors (Lipinski definition) is 3. The maximum atomic E-state index is 12.5. The molecule has 0 aromatic carbocycles. The van der Waals surface area contributed by atoms with Gasteiger partial charge < -0.3 is 15.0 Å². The lowest BCUT2D eigenvalue weighted by Gasteiger charge is -2.37. The summed E-state index contributed by atoms with van der Waals surface area (Å²) < 4.78 is 5.37. The van der Waals surface area contributed by atoms with Crippen LogP contribution in [0.15, 0.2) is 0 Å². The van der Waals surface area contributed by atoms with Crippen LogP contribution in [0.5, 0.6) is 0 Å². The third-order valence-electron chi connectivity index (χ3n) is 3.86. The van der Waals surface area contributed by atoms with Gasteiger partial charge in [-0.3, -0.25) is 4.79 Å². The maximum Gasteiger partial charge on any atom is 0.239 e. The molecule has 4 heteroatoms. The number of carbonyl (C=O) groups is 1. The fourth-order valence-electron chi connectivity index (χ4n) is 2.85. The number of hydrogen-bond donors (Lipinski definition) is 1. The van der Waals surface area contributed by atoms with Crippen LogP contribution < -0.4 is 5.32 Å². The Bertz CT molecular complexity index is 246. The average Bonchev–Trinajstić information content (AvgIpc) is 2.42. The number of likely N-dealkylation sites (N-methyl/N-ethyl adjacent to an activating group) is 1. The Morgan fingerprint density at radius 2 is 2.06 bits per heavy atom. The van der Waals surface area contributed by atoms with Crippen LogP contribution in [-0.2, 0) is 9.53 Å². The Balaban J connectivity index is 1.93. The van der Waals surface area contributed by atoms with Crippen molar-refractivity contribution in [1.29, 1.82) is 0 Å². The highest BCUT2D eigenvalue weighted by Gasteiger charge is 2.30. The van der Waals surface area contributed by atoms with E-state index in [1.807, 2.05) is 0 Å². The average molecular weight is 240 g/mol. The molecule has 2 saturated heterocycles. The number of nitrogens with one attached hydrogen (secondary N) is 1. The molecule has 0 aromatic rings. The van der Waals surface area contributed by atoms with Gasteiger partial charge in [-0.15, -0.1) is 0 Å². The van der Waals surface area contributed by atoms with Crippen LogP contribution in [0.1, 0.15) is 39.0 Å². The Morgan fingerprint density at radius 3 is 2.65 bits per heavy atom. The molecule has 2 aliphatic rings. The lowest BCUT2D eigenvalue weighted by atomic mass is 10.0. The smallest absolute Gasteiger partial charge is 0.239 e. The summed E-state index contributed by atoms with van der Waals surface area (Å²) >= 11 is 0. The summed E-state index contributed by atoms with van der Waals surface area (Å²) in [6.45, 7) is 5.48. The van der Waals surface area contributed by atoms with Crippen LogP contribution in [0.4, 0.5) is 0 Å². The zero-order chi connectivity index (χ0) is 12.1. The van der Waals surface area contributed by atoms with Gasteiger partial charge >= 0.3 is 0 Å². The summed E-state index contributed by atoms with van der Waals surface area (Å²) in [6.07, 6.45) is 5.36. The van der Waals surface area contributed by atoms with Gasteiger partial charge in [-0.25, -0.2) is 0 Å². The SMILES string of the molecule is CCN(C(=O)[C@@H]1CCCCN1)C1CCOCC1. The highest BCUT2D eigenvalue weighted by atomic mass is 16.5. The molecule has 0 radical (unpaired) electrons. The van der Waals surface area contributed by atoms with Crippen molar-refractivity contribution in [2.24, 2.45) is 0 Å². The Kier molecular flexibility index (Phi) is 4.80. The minimum atomic E-state index is 0.0616. The molecular weight excluding hydrogens is 216 g/mol. The van der Waals surface area contributed by atoms with Crippen LogP contribution in [0.25, 0.3) is 0 Å². The molecule has 2 heterocycles. The van der Waals surface area contributed by atoms with Gasteiger partial charge in [0.1, 0.15) is 0 Å². The molecule has 98 valence electrons. The molecule has 1 amide bonds. The van der Waals surface area contributed by atoms with Gasteiger partial charge in [0.25, 0.3) is 0 Å². The van der Waals surface area contributed by atoms with Crippen molar-refractivity contribution in [2.75, 3.05) is 26.3 Å². The molecule has 0 bridgehead atoms. The summed E-state index contributed by atoms with van der Waals surface area (Å²) in [5, 5.41) is 3.35. The molecule has 17 heavy (non-hydrogen) atoms. The third-order valence-corrected chi connectivity index (χ3v) is 3.86. The van der Waals surface area contributed by atoms with E-state index in [0.717, 1.165) is 45.6 Å². The summed E-state index contributed by atoms with van der Waals surface area (Å²) in [5.41, 5.74) is 0. The molecule has 0 aliphatic carbocycles. The predicted molar refractivity (Wildman–Crippen MR) is 66.9 cm³/mol. The molecule has 2 fully saturated rings. The van der Waals surface area contributed by atoms with Gasteiger partial charge in [0, 0.05) is 25.8 Å². The van der Waals surface area contributed by atoms with Crippen LogP contribution >= 0.6 is 0 Å². The van der Waals surface area contributed by atoms with Crippen molar-refractivity contribution in [3.63, 3.8) is 0 Å². The van der Waals surface area contributed by atoms with Crippen molar-refractivity contribution in [1.82, 2.24) is 10.2 Å². The van der Waals surface area contributed by atoms with Crippen LogP contribution in [0.2, 0.25) is 0 Å². The van der Waals surface area contributed by atoms with Crippen LogP contribution in [-0.4, -0.2) is 49.2 Å². The van der Waals surface area contributed by atoms with E-state index in [9.17, 15) is 4.79 Å². The number of piperidine rings is 1. The molecule has 0 saturated carbocycles. The number of nitrogens with zero attached hydrogens (tertiary/aromatic N) is 1. The van der Waals surface area contributed by atoms with E-state index in [0.29, 0.717) is 11.9 Å². The molecule has 0 spiro atoms. The van der Waals surface area contributed by atoms with Gasteiger partial charge in [0.15, 0.2) is 0 Å². The lowest BCUT2D eigenvalue weighted by molar-refractivity contribution is -0.138. The van der Waals surface area contributed by atoms with Gasteiger partial charge in [-0.2, -0.15) is 0 Å². The van der Waals surface area contributed by atoms with Gasteiger partial charge in [-0.05, 0) is 39.2 Å². The zero-order valence-corrected chi connectivity index (χ0v) is 10.8. The van der Waals surface area contributed by atoms with Crippen LogP contribution in [0.3, 0.4) is 0 Å². The van der Waals surface area contributed by atoms with E-state index in [4.69, 9.17) is 4.74 Å². The predicted octanol–water partition coefficient (Wildman–Crippen LogP) is 1.16. The van der Waals surface area contributed by atoms with E-state index < -0.39 is 0 Å². The highest BCUT2D eigenvalue weighted by Crippen LogP contribution is 2.17. The second-order valence-electron chi connectivity index (χ2n) is 4.97. The van der Waals surface area contributed by atoms with Crippen molar-refractivity contribution in [3.8, 4) is 0 Å². The number of carbonyl (C=O) groups excluding carboxylic acids is 1. The second-order valence-corrected chi connectivity index (χ2v) is 4.97. The minimum absolute atomic E-state index is 0.0616. The van der Waals surface area contributed by atoms with Crippen molar-refractivity contribution >= 4 is 5.91 Å². The first kappa shape index (κ1) is 12.8. The summed E-state index contributed by atoms with van der Waals surface area (Å²) in [5.74, 6) is 0.305. The van der Waals surface area contributed by atoms with Crippen molar-refractivity contribution < 1.29 is 9.53 Å². The molecule has 2 aliphatic heterocycles. The molecule has 1 N–H and O–H groups in total. The van der Waals surface area contributed by atoms with Crippen LogP contribution in [0, 0.1) is 0 Å². The fourth-order valence-corrected chi connectivity index (χ4v) is 2.85. The zero-order valence-electron chi connectivity index (χ0n) is 10.8.